The third-order valence-corrected chi connectivity index (χ3v) is 4.73. The molecule has 2 bridgehead atoms. The molecule has 56 valence electrons. The maximum Gasteiger partial charge on any atom is 0.0280 e. The first-order valence-electron chi connectivity index (χ1n) is 4.39. The van der Waals surface area contributed by atoms with Crippen LogP contribution in [0.25, 0.3) is 0 Å². The smallest absolute Gasteiger partial charge is 0.0280 e. The van der Waals surface area contributed by atoms with Crippen LogP contribution in [0, 0.1) is 23.2 Å². The third kappa shape index (κ3) is 0.480. The molecular formula is C9H13Cl. The lowest BCUT2D eigenvalue weighted by atomic mass is 9.62. The Hall–Kier alpha value is 0.290. The number of alkyl halides is 1. The summed E-state index contributed by atoms with van der Waals surface area (Å²) in [7, 11) is 0. The standard InChI is InChI=1S/C9H13Cl/c10-5-9-2-6-1-7(3-9)8(6)4-9/h6-8H,1-5H2. The van der Waals surface area contributed by atoms with Crippen molar-refractivity contribution in [1.82, 2.24) is 0 Å². The predicted octanol–water partition coefficient (Wildman–Crippen LogP) is 2.66. The van der Waals surface area contributed by atoms with Crippen molar-refractivity contribution in [2.24, 2.45) is 23.2 Å². The van der Waals surface area contributed by atoms with Gasteiger partial charge in [0.2, 0.25) is 0 Å². The lowest BCUT2D eigenvalue weighted by Crippen LogP contribution is -2.36. The number of hydrogen-bond donors (Lipinski definition) is 0. The molecule has 0 spiro atoms. The van der Waals surface area contributed by atoms with Crippen LogP contribution in [-0.4, -0.2) is 5.88 Å². The minimum Gasteiger partial charge on any atom is -0.126 e. The normalized spacial score (nSPS) is 62.7. The molecule has 2 atom stereocenters. The second-order valence-electron chi connectivity index (χ2n) is 4.67. The van der Waals surface area contributed by atoms with E-state index in [0.717, 1.165) is 23.6 Å². The summed E-state index contributed by atoms with van der Waals surface area (Å²) >= 11 is 5.98. The summed E-state index contributed by atoms with van der Waals surface area (Å²) in [4.78, 5) is 0. The van der Waals surface area contributed by atoms with E-state index in [9.17, 15) is 0 Å². The number of fused-ring (bicyclic) bond motifs is 1. The molecule has 3 aliphatic carbocycles. The van der Waals surface area contributed by atoms with Gasteiger partial charge in [0.25, 0.3) is 0 Å². The summed E-state index contributed by atoms with van der Waals surface area (Å²) in [6, 6.07) is 0. The average molecular weight is 157 g/mol. The van der Waals surface area contributed by atoms with Crippen molar-refractivity contribution in [2.75, 3.05) is 5.88 Å². The van der Waals surface area contributed by atoms with Gasteiger partial charge in [-0.15, -0.1) is 11.6 Å². The van der Waals surface area contributed by atoms with Crippen LogP contribution in [0.4, 0.5) is 0 Å². The first kappa shape index (κ1) is 5.88. The van der Waals surface area contributed by atoms with E-state index in [1.807, 2.05) is 0 Å². The quantitative estimate of drug-likeness (QED) is 0.512. The van der Waals surface area contributed by atoms with Gasteiger partial charge in [-0.3, -0.25) is 0 Å². The zero-order valence-corrected chi connectivity index (χ0v) is 6.90. The first-order valence-corrected chi connectivity index (χ1v) is 4.92. The van der Waals surface area contributed by atoms with Gasteiger partial charge in [-0.05, 0) is 48.9 Å². The van der Waals surface area contributed by atoms with Gasteiger partial charge in [0, 0.05) is 5.88 Å². The van der Waals surface area contributed by atoms with Crippen molar-refractivity contribution in [3.8, 4) is 0 Å². The molecule has 3 rings (SSSR count). The minimum atomic E-state index is 0.639. The van der Waals surface area contributed by atoms with Gasteiger partial charge in [-0.2, -0.15) is 0 Å². The molecule has 0 aromatic carbocycles. The van der Waals surface area contributed by atoms with Crippen molar-refractivity contribution in [3.05, 3.63) is 0 Å². The van der Waals surface area contributed by atoms with Crippen LogP contribution < -0.4 is 0 Å². The number of hydrogen-bond acceptors (Lipinski definition) is 0. The lowest BCUT2D eigenvalue weighted by Gasteiger charge is -2.44. The maximum atomic E-state index is 5.98. The van der Waals surface area contributed by atoms with Crippen LogP contribution in [-0.2, 0) is 0 Å². The van der Waals surface area contributed by atoms with Gasteiger partial charge < -0.3 is 0 Å². The molecule has 3 saturated carbocycles. The van der Waals surface area contributed by atoms with E-state index in [2.05, 4.69) is 0 Å². The molecule has 10 heavy (non-hydrogen) atoms. The van der Waals surface area contributed by atoms with Crippen LogP contribution in [0.2, 0.25) is 0 Å². The van der Waals surface area contributed by atoms with Gasteiger partial charge in [0.05, 0.1) is 0 Å². The maximum absolute atomic E-state index is 5.98. The SMILES string of the molecule is ClCC12CC3CC(C1)C3C2. The van der Waals surface area contributed by atoms with Gasteiger partial charge in [0.15, 0.2) is 0 Å². The summed E-state index contributed by atoms with van der Waals surface area (Å²) in [6.45, 7) is 0. The fourth-order valence-corrected chi connectivity index (χ4v) is 4.08. The van der Waals surface area contributed by atoms with E-state index in [-0.39, 0.29) is 0 Å². The monoisotopic (exact) mass is 156 g/mol. The summed E-state index contributed by atoms with van der Waals surface area (Å²) in [6.07, 6.45) is 5.96. The molecule has 1 heteroatoms. The van der Waals surface area contributed by atoms with Crippen molar-refractivity contribution >= 4 is 11.6 Å². The fraction of sp³-hybridized carbons (Fsp3) is 1.00. The summed E-state index contributed by atoms with van der Waals surface area (Å²) in [5, 5.41) is 0. The second-order valence-corrected chi connectivity index (χ2v) is 4.93. The first-order chi connectivity index (χ1) is 4.83. The van der Waals surface area contributed by atoms with Gasteiger partial charge in [0.1, 0.15) is 0 Å². The Kier molecular flexibility index (Phi) is 0.912. The summed E-state index contributed by atoms with van der Waals surface area (Å²) in [5.74, 6) is 4.28. The predicted molar refractivity (Wildman–Crippen MR) is 42.1 cm³/mol. The minimum absolute atomic E-state index is 0.639. The molecule has 0 heterocycles. The highest BCUT2D eigenvalue weighted by molar-refractivity contribution is 6.18. The Morgan fingerprint density at radius 2 is 1.90 bits per heavy atom. The fourth-order valence-electron chi connectivity index (χ4n) is 3.76. The highest BCUT2D eigenvalue weighted by Gasteiger charge is 2.61. The molecule has 0 aromatic heterocycles. The molecule has 3 fully saturated rings. The Bertz CT molecular complexity index is 158. The zero-order chi connectivity index (χ0) is 6.77. The van der Waals surface area contributed by atoms with E-state index in [4.69, 9.17) is 11.6 Å². The number of halogens is 1. The third-order valence-electron chi connectivity index (χ3n) is 4.16. The van der Waals surface area contributed by atoms with Crippen molar-refractivity contribution in [1.29, 1.82) is 0 Å². The molecule has 0 saturated heterocycles. The van der Waals surface area contributed by atoms with E-state index in [1.54, 1.807) is 6.42 Å². The van der Waals surface area contributed by atoms with Crippen LogP contribution >= 0.6 is 11.6 Å². The molecule has 0 radical (unpaired) electrons. The van der Waals surface area contributed by atoms with Crippen LogP contribution in [0.15, 0.2) is 0 Å². The molecular weight excluding hydrogens is 144 g/mol. The van der Waals surface area contributed by atoms with E-state index in [1.165, 1.54) is 19.3 Å². The second kappa shape index (κ2) is 1.55. The zero-order valence-electron chi connectivity index (χ0n) is 6.15. The number of rotatable bonds is 1. The van der Waals surface area contributed by atoms with E-state index in [0.29, 0.717) is 5.41 Å². The van der Waals surface area contributed by atoms with Crippen LogP contribution in [0.1, 0.15) is 25.7 Å². The molecule has 2 unspecified atom stereocenters. The molecule has 0 aliphatic heterocycles. The molecule has 0 N–H and O–H groups in total. The Morgan fingerprint density at radius 1 is 1.20 bits per heavy atom. The largest absolute Gasteiger partial charge is 0.126 e. The van der Waals surface area contributed by atoms with Crippen LogP contribution in [0.3, 0.4) is 0 Å². The topological polar surface area (TPSA) is 0 Å². The average Bonchev–Trinajstić information content (AvgIpc) is 2.41. The van der Waals surface area contributed by atoms with Gasteiger partial charge in [-0.1, -0.05) is 0 Å². The highest BCUT2D eigenvalue weighted by Crippen LogP contribution is 2.69. The summed E-state index contributed by atoms with van der Waals surface area (Å²) in [5.41, 5.74) is 0.639. The van der Waals surface area contributed by atoms with Crippen LogP contribution in [0.5, 0.6) is 0 Å². The van der Waals surface area contributed by atoms with E-state index >= 15 is 0 Å². The molecule has 3 aliphatic rings. The summed E-state index contributed by atoms with van der Waals surface area (Å²) < 4.78 is 0. The molecule has 0 aromatic rings. The Labute approximate surface area is 66.9 Å². The molecule has 0 nitrogen and oxygen atoms in total. The van der Waals surface area contributed by atoms with Crippen molar-refractivity contribution in [3.63, 3.8) is 0 Å². The highest BCUT2D eigenvalue weighted by atomic mass is 35.5. The van der Waals surface area contributed by atoms with Crippen molar-refractivity contribution in [2.45, 2.75) is 25.7 Å². The van der Waals surface area contributed by atoms with Gasteiger partial charge in [-0.25, -0.2) is 0 Å². The Balaban J connectivity index is 1.94. The molecule has 0 amide bonds. The van der Waals surface area contributed by atoms with E-state index < -0.39 is 0 Å². The van der Waals surface area contributed by atoms with Gasteiger partial charge >= 0.3 is 0 Å². The van der Waals surface area contributed by atoms with Crippen molar-refractivity contribution < 1.29 is 0 Å². The Morgan fingerprint density at radius 3 is 2.20 bits per heavy atom. The lowest BCUT2D eigenvalue weighted by molar-refractivity contribution is 0.0634.